The lowest BCUT2D eigenvalue weighted by Crippen LogP contribution is -2.42. The van der Waals surface area contributed by atoms with Crippen molar-refractivity contribution in [2.75, 3.05) is 11.4 Å². The van der Waals surface area contributed by atoms with Crippen LogP contribution in [0.3, 0.4) is 0 Å². The molecule has 0 radical (unpaired) electrons. The first-order chi connectivity index (χ1) is 12.3. The van der Waals surface area contributed by atoms with Crippen molar-refractivity contribution in [3.63, 3.8) is 0 Å². The second kappa shape index (κ2) is 7.31. The minimum Gasteiger partial charge on any atom is -0.375 e. The molecule has 1 aliphatic heterocycles. The fraction of sp³-hybridized carbons (Fsp3) is 0.263. The molecule has 1 aliphatic rings. The van der Waals surface area contributed by atoms with Gasteiger partial charge in [-0.2, -0.15) is 0 Å². The Morgan fingerprint density at radius 2 is 1.96 bits per heavy atom. The number of aliphatic hydroxyl groups is 1. The molecule has 0 saturated carbocycles. The zero-order valence-corrected chi connectivity index (χ0v) is 17.0. The van der Waals surface area contributed by atoms with Gasteiger partial charge in [0.2, 0.25) is 0 Å². The van der Waals surface area contributed by atoms with E-state index in [-0.39, 0.29) is 10.6 Å². The third kappa shape index (κ3) is 3.29. The Balaban J connectivity index is 2.02. The van der Waals surface area contributed by atoms with Crippen molar-refractivity contribution in [1.82, 2.24) is 0 Å². The van der Waals surface area contributed by atoms with Crippen molar-refractivity contribution in [2.45, 2.75) is 25.4 Å². The molecular formula is C19H16BrCl2NO3. The van der Waals surface area contributed by atoms with Crippen LogP contribution in [-0.4, -0.2) is 23.3 Å². The number of carbonyl (C=O) groups is 2. The van der Waals surface area contributed by atoms with Gasteiger partial charge in [-0.15, -0.1) is 0 Å². The van der Waals surface area contributed by atoms with Crippen LogP contribution < -0.4 is 4.90 Å². The highest BCUT2D eigenvalue weighted by Crippen LogP contribution is 2.44. The third-order valence-electron chi connectivity index (χ3n) is 4.39. The molecule has 1 N–H and O–H groups in total. The van der Waals surface area contributed by atoms with Crippen LogP contribution in [0.15, 0.2) is 40.9 Å². The molecule has 2 aromatic carbocycles. The Bertz CT molecular complexity index is 902. The van der Waals surface area contributed by atoms with Gasteiger partial charge in [0.05, 0.1) is 17.1 Å². The number of hydrogen-bond donors (Lipinski definition) is 1. The maximum absolute atomic E-state index is 12.9. The van der Waals surface area contributed by atoms with Gasteiger partial charge >= 0.3 is 0 Å². The number of nitrogens with zero attached hydrogens (tertiary/aromatic N) is 1. The third-order valence-corrected chi connectivity index (χ3v) is 5.43. The minimum absolute atomic E-state index is 0.191. The first kappa shape index (κ1) is 19.4. The summed E-state index contributed by atoms with van der Waals surface area (Å²) >= 11 is 15.3. The maximum atomic E-state index is 12.9. The summed E-state index contributed by atoms with van der Waals surface area (Å²) in [5.41, 5.74) is -0.655. The van der Waals surface area contributed by atoms with E-state index in [0.717, 1.165) is 10.9 Å². The standard InChI is InChI=1S/C19H16BrCl2NO3/c1-2-7-23-16-6-3-11(20)8-14(16)19(26,18(23)25)10-17(24)13-5-4-12(21)9-15(13)22/h3-6,8-9,26H,2,7,10H2,1H3/t19-/m1/s1. The number of Topliss-reactive ketones (excluding diaryl/α,β-unsaturated/α-hetero) is 1. The van der Waals surface area contributed by atoms with Gasteiger partial charge in [-0.3, -0.25) is 9.59 Å². The summed E-state index contributed by atoms with van der Waals surface area (Å²) in [7, 11) is 0. The Hall–Kier alpha value is -1.40. The smallest absolute Gasteiger partial charge is 0.264 e. The molecule has 0 spiro atoms. The number of fused-ring (bicyclic) bond motifs is 1. The van der Waals surface area contributed by atoms with Crippen LogP contribution >= 0.6 is 39.1 Å². The quantitative estimate of drug-likeness (QED) is 0.646. The number of halogens is 3. The van der Waals surface area contributed by atoms with Crippen molar-refractivity contribution in [3.05, 3.63) is 62.0 Å². The predicted molar refractivity (Wildman–Crippen MR) is 106 cm³/mol. The van der Waals surface area contributed by atoms with Gasteiger partial charge in [0.1, 0.15) is 0 Å². The highest BCUT2D eigenvalue weighted by molar-refractivity contribution is 9.10. The Kier molecular flexibility index (Phi) is 5.45. The molecule has 0 fully saturated rings. The van der Waals surface area contributed by atoms with E-state index in [9.17, 15) is 14.7 Å². The normalized spacial score (nSPS) is 19.0. The summed E-state index contributed by atoms with van der Waals surface area (Å²) in [6.07, 6.45) is 0.338. The lowest BCUT2D eigenvalue weighted by atomic mass is 9.88. The first-order valence-electron chi connectivity index (χ1n) is 8.10. The molecule has 4 nitrogen and oxygen atoms in total. The molecule has 1 heterocycles. The number of ketones is 1. The molecule has 0 bridgehead atoms. The molecule has 1 amide bonds. The van der Waals surface area contributed by atoms with Crippen LogP contribution in [0.1, 0.15) is 35.7 Å². The van der Waals surface area contributed by atoms with Crippen molar-refractivity contribution < 1.29 is 14.7 Å². The SMILES string of the molecule is CCCN1C(=O)[C@@](O)(CC(=O)c2ccc(Cl)cc2Cl)c2cc(Br)ccc21. The van der Waals surface area contributed by atoms with E-state index in [1.807, 2.05) is 6.92 Å². The van der Waals surface area contributed by atoms with Crippen molar-refractivity contribution in [2.24, 2.45) is 0 Å². The zero-order valence-electron chi connectivity index (χ0n) is 13.9. The summed E-state index contributed by atoms with van der Waals surface area (Å²) < 4.78 is 0.720. The minimum atomic E-state index is -1.92. The summed E-state index contributed by atoms with van der Waals surface area (Å²) in [5.74, 6) is -0.919. The van der Waals surface area contributed by atoms with Crippen LogP contribution in [0.25, 0.3) is 0 Å². The molecule has 3 rings (SSSR count). The second-order valence-corrected chi connectivity index (χ2v) is 7.96. The van der Waals surface area contributed by atoms with E-state index in [0.29, 0.717) is 22.8 Å². The summed E-state index contributed by atoms with van der Waals surface area (Å²) in [6, 6.07) is 9.77. The van der Waals surface area contributed by atoms with Gasteiger partial charge in [-0.25, -0.2) is 0 Å². The molecule has 0 aliphatic carbocycles. The summed E-state index contributed by atoms with van der Waals surface area (Å²) in [5, 5.41) is 11.8. The van der Waals surface area contributed by atoms with Gasteiger partial charge in [0.15, 0.2) is 11.4 Å². The van der Waals surface area contributed by atoms with Gasteiger partial charge in [0.25, 0.3) is 5.91 Å². The maximum Gasteiger partial charge on any atom is 0.264 e. The predicted octanol–water partition coefficient (Wildman–Crippen LogP) is 4.97. The average Bonchev–Trinajstić information content (AvgIpc) is 2.77. The molecule has 0 aromatic heterocycles. The van der Waals surface area contributed by atoms with E-state index < -0.39 is 23.7 Å². The fourth-order valence-electron chi connectivity index (χ4n) is 3.18. The van der Waals surface area contributed by atoms with E-state index >= 15 is 0 Å². The molecule has 0 unspecified atom stereocenters. The zero-order chi connectivity index (χ0) is 19.1. The van der Waals surface area contributed by atoms with E-state index in [4.69, 9.17) is 23.2 Å². The highest BCUT2D eigenvalue weighted by atomic mass is 79.9. The van der Waals surface area contributed by atoms with Crippen LogP contribution in [-0.2, 0) is 10.4 Å². The Labute approximate surface area is 169 Å². The summed E-state index contributed by atoms with van der Waals surface area (Å²) in [4.78, 5) is 27.2. The van der Waals surface area contributed by atoms with Crippen LogP contribution in [0.2, 0.25) is 10.0 Å². The van der Waals surface area contributed by atoms with Crippen LogP contribution in [0.5, 0.6) is 0 Å². The van der Waals surface area contributed by atoms with Crippen molar-refractivity contribution >= 4 is 56.5 Å². The fourth-order valence-corrected chi connectivity index (χ4v) is 4.06. The largest absolute Gasteiger partial charge is 0.375 e. The van der Waals surface area contributed by atoms with E-state index in [2.05, 4.69) is 15.9 Å². The molecule has 7 heteroatoms. The van der Waals surface area contributed by atoms with E-state index in [1.54, 1.807) is 24.3 Å². The second-order valence-electron chi connectivity index (χ2n) is 6.20. The molecular weight excluding hydrogens is 441 g/mol. The van der Waals surface area contributed by atoms with Gasteiger partial charge in [-0.05, 0) is 42.8 Å². The molecule has 2 aromatic rings. The van der Waals surface area contributed by atoms with Gasteiger partial charge < -0.3 is 10.0 Å². The number of hydrogen-bond acceptors (Lipinski definition) is 3. The highest BCUT2D eigenvalue weighted by Gasteiger charge is 2.50. The number of benzene rings is 2. The first-order valence-corrected chi connectivity index (χ1v) is 9.65. The van der Waals surface area contributed by atoms with Crippen LogP contribution in [0.4, 0.5) is 5.69 Å². The van der Waals surface area contributed by atoms with Crippen molar-refractivity contribution in [1.29, 1.82) is 0 Å². The summed E-state index contributed by atoms with van der Waals surface area (Å²) in [6.45, 7) is 2.41. The average molecular weight is 457 g/mol. The van der Waals surface area contributed by atoms with Gasteiger partial charge in [0, 0.05) is 27.2 Å². The van der Waals surface area contributed by atoms with Crippen LogP contribution in [0, 0.1) is 0 Å². The lowest BCUT2D eigenvalue weighted by Gasteiger charge is -2.22. The number of amides is 1. The molecule has 26 heavy (non-hydrogen) atoms. The monoisotopic (exact) mass is 455 g/mol. The van der Waals surface area contributed by atoms with E-state index in [1.165, 1.54) is 17.0 Å². The number of carbonyl (C=O) groups excluding carboxylic acids is 2. The number of anilines is 1. The number of rotatable bonds is 5. The van der Waals surface area contributed by atoms with Crippen molar-refractivity contribution in [3.8, 4) is 0 Å². The molecule has 136 valence electrons. The van der Waals surface area contributed by atoms with Gasteiger partial charge in [-0.1, -0.05) is 46.1 Å². The topological polar surface area (TPSA) is 57.6 Å². The lowest BCUT2D eigenvalue weighted by molar-refractivity contribution is -0.135. The molecule has 0 saturated heterocycles. The molecule has 1 atom stereocenters. The Morgan fingerprint density at radius 1 is 1.23 bits per heavy atom. The Morgan fingerprint density at radius 3 is 2.62 bits per heavy atom.